The summed E-state index contributed by atoms with van der Waals surface area (Å²) in [6.45, 7) is 10.3. The molecule has 0 aliphatic heterocycles. The van der Waals surface area contributed by atoms with E-state index < -0.39 is 47.3 Å². The first-order valence-corrected chi connectivity index (χ1v) is 15.7. The third kappa shape index (κ3) is 14.7. The Bertz CT molecular complexity index is 1070. The lowest BCUT2D eigenvalue weighted by Gasteiger charge is -2.24. The zero-order valence-corrected chi connectivity index (χ0v) is 26.2. The highest BCUT2D eigenvalue weighted by Crippen LogP contribution is 2.24. The van der Waals surface area contributed by atoms with Crippen LogP contribution in [0.3, 0.4) is 0 Å². The van der Waals surface area contributed by atoms with Crippen LogP contribution in [-0.4, -0.2) is 58.8 Å². The van der Waals surface area contributed by atoms with Crippen molar-refractivity contribution >= 4 is 57.0 Å². The highest BCUT2D eigenvalue weighted by Gasteiger charge is 2.27. The van der Waals surface area contributed by atoms with E-state index in [2.05, 4.69) is 32.3 Å². The topological polar surface area (TPSA) is 159 Å². The van der Waals surface area contributed by atoms with E-state index in [0.29, 0.717) is 11.4 Å². The van der Waals surface area contributed by atoms with Gasteiger partial charge in [0.15, 0.2) is 0 Å². The molecule has 12 nitrogen and oxygen atoms in total. The molecule has 0 fully saturated rings. The first-order valence-electron chi connectivity index (χ1n) is 13.2. The monoisotopic (exact) mass is 620 g/mol. The van der Waals surface area contributed by atoms with Gasteiger partial charge < -0.3 is 20.1 Å². The summed E-state index contributed by atoms with van der Waals surface area (Å²) in [5.41, 5.74) is 10.6. The van der Waals surface area contributed by atoms with Gasteiger partial charge in [0.25, 0.3) is 11.8 Å². The Labute approximate surface area is 254 Å². The maximum atomic E-state index is 12.9. The second-order valence-corrected chi connectivity index (χ2v) is 13.5. The second kappa shape index (κ2) is 16.6. The van der Waals surface area contributed by atoms with Crippen molar-refractivity contribution in [2.75, 3.05) is 22.4 Å². The van der Waals surface area contributed by atoms with Crippen molar-refractivity contribution < 1.29 is 28.7 Å². The van der Waals surface area contributed by atoms with Crippen molar-refractivity contribution in [1.82, 2.24) is 21.5 Å². The highest BCUT2D eigenvalue weighted by atomic mass is 33.1. The van der Waals surface area contributed by atoms with Crippen molar-refractivity contribution in [2.24, 2.45) is 0 Å². The van der Waals surface area contributed by atoms with E-state index in [4.69, 9.17) is 9.47 Å². The predicted octanol–water partition coefficient (Wildman–Crippen LogP) is 4.44. The normalized spacial score (nSPS) is 12.6. The van der Waals surface area contributed by atoms with Gasteiger partial charge in [-0.25, -0.2) is 9.59 Å². The molecule has 4 amide bonds. The van der Waals surface area contributed by atoms with Crippen LogP contribution >= 0.6 is 21.6 Å². The molecule has 230 valence electrons. The molecule has 0 aliphatic carbocycles. The van der Waals surface area contributed by atoms with Crippen molar-refractivity contribution in [3.8, 4) is 0 Å². The average Bonchev–Trinajstić information content (AvgIpc) is 2.90. The number of anilines is 2. The van der Waals surface area contributed by atoms with E-state index in [1.807, 2.05) is 36.4 Å². The van der Waals surface area contributed by atoms with Gasteiger partial charge in [-0.1, -0.05) is 58.0 Å². The lowest BCUT2D eigenvalue weighted by atomic mass is 10.2. The molecule has 0 unspecified atom stereocenters. The van der Waals surface area contributed by atoms with Crippen LogP contribution in [0.2, 0.25) is 0 Å². The Morgan fingerprint density at radius 3 is 1.26 bits per heavy atom. The van der Waals surface area contributed by atoms with Crippen LogP contribution in [-0.2, 0) is 19.1 Å². The van der Waals surface area contributed by atoms with Gasteiger partial charge >= 0.3 is 12.2 Å². The molecule has 0 aromatic heterocycles. The van der Waals surface area contributed by atoms with Gasteiger partial charge in [0, 0.05) is 11.5 Å². The van der Waals surface area contributed by atoms with Crippen LogP contribution in [0.1, 0.15) is 41.5 Å². The molecule has 0 spiro atoms. The van der Waals surface area contributed by atoms with Crippen LogP contribution in [0.5, 0.6) is 0 Å². The molecule has 2 atom stereocenters. The molecule has 0 bridgehead atoms. The molecule has 0 heterocycles. The van der Waals surface area contributed by atoms with Gasteiger partial charge in [-0.3, -0.25) is 31.3 Å². The van der Waals surface area contributed by atoms with E-state index in [0.717, 1.165) is 0 Å². The number of carbonyl (C=O) groups excluding carboxylic acids is 4. The smallest absolute Gasteiger partial charge is 0.408 e. The molecule has 0 saturated heterocycles. The Morgan fingerprint density at radius 2 is 0.952 bits per heavy atom. The summed E-state index contributed by atoms with van der Waals surface area (Å²) in [7, 11) is 2.47. The molecular formula is C28H40N6O6S2. The van der Waals surface area contributed by atoms with Crippen LogP contribution in [0, 0.1) is 0 Å². The fourth-order valence-corrected chi connectivity index (χ4v) is 5.31. The summed E-state index contributed by atoms with van der Waals surface area (Å²) in [6, 6.07) is 16.1. The van der Waals surface area contributed by atoms with Gasteiger partial charge in [0.2, 0.25) is 0 Å². The number of hydrazine groups is 2. The summed E-state index contributed by atoms with van der Waals surface area (Å²) in [4.78, 5) is 50.7. The number of benzene rings is 2. The molecule has 2 rings (SSSR count). The molecule has 6 N–H and O–H groups in total. The predicted molar refractivity (Wildman–Crippen MR) is 168 cm³/mol. The van der Waals surface area contributed by atoms with Crippen LogP contribution in [0.15, 0.2) is 60.7 Å². The summed E-state index contributed by atoms with van der Waals surface area (Å²) in [6.07, 6.45) is -1.49. The zero-order chi connectivity index (χ0) is 31.2. The Balaban J connectivity index is 2.01. The van der Waals surface area contributed by atoms with Gasteiger partial charge in [-0.2, -0.15) is 0 Å². The molecule has 0 radical (unpaired) electrons. The maximum Gasteiger partial charge on any atom is 0.408 e. The number of alkyl carbamates (subject to hydrolysis) is 2. The van der Waals surface area contributed by atoms with Crippen molar-refractivity contribution in [3.05, 3.63) is 60.7 Å². The third-order valence-corrected chi connectivity index (χ3v) is 7.20. The lowest BCUT2D eigenvalue weighted by molar-refractivity contribution is -0.122. The second-order valence-electron chi connectivity index (χ2n) is 10.9. The number of carbonyl (C=O) groups is 4. The minimum absolute atomic E-state index is 0.134. The van der Waals surface area contributed by atoms with Gasteiger partial charge in [-0.05, 0) is 65.8 Å². The first kappa shape index (κ1) is 34.4. The molecule has 42 heavy (non-hydrogen) atoms. The van der Waals surface area contributed by atoms with Crippen molar-refractivity contribution in [1.29, 1.82) is 0 Å². The number of amides is 4. The van der Waals surface area contributed by atoms with Crippen LogP contribution < -0.4 is 32.3 Å². The van der Waals surface area contributed by atoms with Crippen LogP contribution in [0.25, 0.3) is 0 Å². The molecule has 2 aromatic rings. The zero-order valence-electron chi connectivity index (χ0n) is 24.6. The Morgan fingerprint density at radius 1 is 0.619 bits per heavy atom. The maximum absolute atomic E-state index is 12.9. The van der Waals surface area contributed by atoms with E-state index in [1.165, 1.54) is 21.6 Å². The fraction of sp³-hybridized carbons (Fsp3) is 0.429. The fourth-order valence-electron chi connectivity index (χ4n) is 2.98. The van der Waals surface area contributed by atoms with E-state index in [-0.39, 0.29) is 11.5 Å². The number of hydrogen-bond donors (Lipinski definition) is 6. The SMILES string of the molecule is CC(C)(C)OC(=O)N[C@@H](CSSC[C@H](NC(=O)OC(C)(C)C)C(=O)NNc1ccccc1)C(=O)NNc1ccccc1. The van der Waals surface area contributed by atoms with Crippen molar-refractivity contribution in [2.45, 2.75) is 64.8 Å². The van der Waals surface area contributed by atoms with E-state index in [1.54, 1.807) is 65.8 Å². The van der Waals surface area contributed by atoms with Gasteiger partial charge in [0.05, 0.1) is 11.4 Å². The summed E-state index contributed by atoms with van der Waals surface area (Å²) in [5.74, 6) is -0.720. The lowest BCUT2D eigenvalue weighted by Crippen LogP contribution is -2.51. The van der Waals surface area contributed by atoms with Crippen LogP contribution in [0.4, 0.5) is 21.0 Å². The quantitative estimate of drug-likeness (QED) is 0.107. The molecule has 2 aromatic carbocycles. The molecule has 0 saturated carbocycles. The standard InChI is InChI=1S/C28H40N6O6S2/c1-27(2,3)39-25(37)29-21(23(35)33-31-19-13-9-7-10-14-19)17-41-42-18-22(30-26(38)40-28(4,5)6)24(36)34-32-20-15-11-8-12-16-20/h7-16,21-22,31-32H,17-18H2,1-6H3,(H,29,37)(H,30,38)(H,33,35)(H,34,36)/t21-,22-/m0/s1. The summed E-state index contributed by atoms with van der Waals surface area (Å²) >= 11 is 0. The van der Waals surface area contributed by atoms with E-state index in [9.17, 15) is 19.2 Å². The van der Waals surface area contributed by atoms with Crippen molar-refractivity contribution in [3.63, 3.8) is 0 Å². The number of nitrogens with one attached hydrogen (secondary N) is 6. The average molecular weight is 621 g/mol. The molecule has 14 heteroatoms. The minimum atomic E-state index is -0.973. The number of rotatable bonds is 13. The van der Waals surface area contributed by atoms with E-state index >= 15 is 0 Å². The third-order valence-electron chi connectivity index (χ3n) is 4.78. The summed E-state index contributed by atoms with van der Waals surface area (Å²) < 4.78 is 10.6. The van der Waals surface area contributed by atoms with Gasteiger partial charge in [-0.15, -0.1) is 0 Å². The number of ether oxygens (including phenoxy) is 2. The van der Waals surface area contributed by atoms with Gasteiger partial charge in [0.1, 0.15) is 23.3 Å². The minimum Gasteiger partial charge on any atom is -0.444 e. The highest BCUT2D eigenvalue weighted by molar-refractivity contribution is 8.76. The number of hydrogen-bond acceptors (Lipinski definition) is 10. The Hall–Kier alpha value is -3.78. The molecule has 0 aliphatic rings. The first-order chi connectivity index (χ1) is 19.7. The summed E-state index contributed by atoms with van der Waals surface area (Å²) in [5, 5.41) is 5.18. The Kier molecular flexibility index (Phi) is 13.6. The molecular weight excluding hydrogens is 580 g/mol. The largest absolute Gasteiger partial charge is 0.444 e. The number of para-hydroxylation sites is 2.